The number of nitrogens with one attached hydrogen (secondary N) is 1. The van der Waals surface area contributed by atoms with Gasteiger partial charge in [-0.3, -0.25) is 4.79 Å². The molecule has 0 aliphatic carbocycles. The zero-order chi connectivity index (χ0) is 13.9. The van der Waals surface area contributed by atoms with Crippen LogP contribution in [0.25, 0.3) is 0 Å². The van der Waals surface area contributed by atoms with E-state index in [9.17, 15) is 22.4 Å². The maximum Gasteiger partial charge on any atom is 0.383 e. The van der Waals surface area contributed by atoms with Crippen LogP contribution in [0.15, 0.2) is 24.3 Å². The fourth-order valence-corrected chi connectivity index (χ4v) is 1.18. The molecule has 1 amide bonds. The highest BCUT2D eigenvalue weighted by Gasteiger charge is 2.48. The van der Waals surface area contributed by atoms with Crippen molar-refractivity contribution in [3.05, 3.63) is 24.3 Å². The van der Waals surface area contributed by atoms with Gasteiger partial charge in [0.05, 0.1) is 0 Å². The molecule has 100 valence electrons. The summed E-state index contributed by atoms with van der Waals surface area (Å²) in [7, 11) is 3.43. The van der Waals surface area contributed by atoms with Gasteiger partial charge in [0.15, 0.2) is 0 Å². The Labute approximate surface area is 101 Å². The van der Waals surface area contributed by atoms with Crippen LogP contribution < -0.4 is 10.2 Å². The lowest BCUT2D eigenvalue weighted by Gasteiger charge is -2.17. The van der Waals surface area contributed by atoms with Crippen molar-refractivity contribution in [2.24, 2.45) is 0 Å². The van der Waals surface area contributed by atoms with Crippen molar-refractivity contribution in [1.82, 2.24) is 0 Å². The zero-order valence-electron chi connectivity index (χ0n) is 9.75. The molecule has 0 fully saturated rings. The molecule has 0 spiro atoms. The standard InChI is InChI=1S/C11H12F4N2O/c1-17(2)8-5-3-4-7(6-8)16-10(18)11(14,15)9(12)13/h3-6,9H,1-2H3,(H,16,18). The zero-order valence-corrected chi connectivity index (χ0v) is 9.75. The molecular formula is C11H12F4N2O. The Bertz CT molecular complexity index is 435. The SMILES string of the molecule is CN(C)c1cccc(NC(=O)C(F)(F)C(F)F)c1. The minimum absolute atomic E-state index is 0.0338. The van der Waals surface area contributed by atoms with E-state index < -0.39 is 18.3 Å². The molecule has 0 aliphatic rings. The smallest absolute Gasteiger partial charge is 0.378 e. The molecule has 0 aromatic heterocycles. The van der Waals surface area contributed by atoms with Crippen LogP contribution in [-0.2, 0) is 4.79 Å². The monoisotopic (exact) mass is 264 g/mol. The van der Waals surface area contributed by atoms with Crippen molar-refractivity contribution in [3.8, 4) is 0 Å². The van der Waals surface area contributed by atoms with Crippen LogP contribution in [0.1, 0.15) is 0 Å². The number of anilines is 2. The molecule has 0 bridgehead atoms. The van der Waals surface area contributed by atoms with Crippen LogP contribution in [0.4, 0.5) is 28.9 Å². The van der Waals surface area contributed by atoms with E-state index >= 15 is 0 Å². The van der Waals surface area contributed by atoms with Crippen LogP contribution >= 0.6 is 0 Å². The summed E-state index contributed by atoms with van der Waals surface area (Å²) in [5.74, 6) is -6.72. The number of amides is 1. The van der Waals surface area contributed by atoms with Crippen LogP contribution in [-0.4, -0.2) is 32.4 Å². The molecule has 18 heavy (non-hydrogen) atoms. The molecule has 0 saturated heterocycles. The lowest BCUT2D eigenvalue weighted by Crippen LogP contribution is -2.41. The summed E-state index contributed by atoms with van der Waals surface area (Å²) in [5.41, 5.74) is 0.680. The topological polar surface area (TPSA) is 32.3 Å². The second kappa shape index (κ2) is 5.24. The largest absolute Gasteiger partial charge is 0.383 e. The molecule has 0 heterocycles. The van der Waals surface area contributed by atoms with Crippen LogP contribution in [0.2, 0.25) is 0 Å². The maximum atomic E-state index is 12.7. The van der Waals surface area contributed by atoms with E-state index in [4.69, 9.17) is 0 Å². The maximum absolute atomic E-state index is 12.7. The van der Waals surface area contributed by atoms with E-state index in [-0.39, 0.29) is 5.69 Å². The molecule has 0 unspecified atom stereocenters. The highest BCUT2D eigenvalue weighted by molar-refractivity contribution is 5.96. The minimum Gasteiger partial charge on any atom is -0.378 e. The van der Waals surface area contributed by atoms with Crippen molar-refractivity contribution in [2.75, 3.05) is 24.3 Å². The molecule has 3 nitrogen and oxygen atoms in total. The Morgan fingerprint density at radius 2 is 1.94 bits per heavy atom. The molecule has 0 saturated carbocycles. The first-order valence-electron chi connectivity index (χ1n) is 5.00. The number of halogens is 4. The molecule has 0 radical (unpaired) electrons. The van der Waals surface area contributed by atoms with E-state index in [1.165, 1.54) is 18.2 Å². The molecular weight excluding hydrogens is 252 g/mol. The average molecular weight is 264 g/mol. The second-order valence-electron chi connectivity index (χ2n) is 3.82. The summed E-state index contributed by atoms with van der Waals surface area (Å²) >= 11 is 0. The third-order valence-electron chi connectivity index (χ3n) is 2.20. The Morgan fingerprint density at radius 1 is 1.33 bits per heavy atom. The number of rotatable bonds is 4. The molecule has 0 aliphatic heterocycles. The summed E-state index contributed by atoms with van der Waals surface area (Å²) in [6.45, 7) is 0. The van der Waals surface area contributed by atoms with Gasteiger partial charge in [0.1, 0.15) is 0 Å². The number of hydrogen-bond acceptors (Lipinski definition) is 2. The molecule has 1 aromatic rings. The molecule has 1 rings (SSSR count). The molecule has 1 aromatic carbocycles. The van der Waals surface area contributed by atoms with E-state index in [1.807, 2.05) is 0 Å². The summed E-state index contributed by atoms with van der Waals surface area (Å²) < 4.78 is 49.3. The lowest BCUT2D eigenvalue weighted by atomic mass is 10.2. The number of nitrogens with zero attached hydrogens (tertiary/aromatic N) is 1. The van der Waals surface area contributed by atoms with Crippen molar-refractivity contribution in [1.29, 1.82) is 0 Å². The van der Waals surface area contributed by atoms with Crippen molar-refractivity contribution in [2.45, 2.75) is 12.3 Å². The Morgan fingerprint density at radius 3 is 2.44 bits per heavy atom. The van der Waals surface area contributed by atoms with Crippen molar-refractivity contribution >= 4 is 17.3 Å². The molecule has 1 N–H and O–H groups in total. The molecule has 0 atom stereocenters. The fourth-order valence-electron chi connectivity index (χ4n) is 1.18. The van der Waals surface area contributed by atoms with Crippen LogP contribution in [0.5, 0.6) is 0 Å². The highest BCUT2D eigenvalue weighted by Crippen LogP contribution is 2.25. The van der Waals surface area contributed by atoms with Crippen molar-refractivity contribution in [3.63, 3.8) is 0 Å². The van der Waals surface area contributed by atoms with E-state index in [0.29, 0.717) is 5.69 Å². The quantitative estimate of drug-likeness (QED) is 0.848. The van der Waals surface area contributed by atoms with Gasteiger partial charge in [0, 0.05) is 25.5 Å². The number of alkyl halides is 4. The summed E-state index contributed by atoms with van der Waals surface area (Å²) in [5, 5.41) is 1.76. The van der Waals surface area contributed by atoms with Gasteiger partial charge in [0.25, 0.3) is 0 Å². The first kappa shape index (κ1) is 14.3. The van der Waals surface area contributed by atoms with Crippen LogP contribution in [0.3, 0.4) is 0 Å². The Balaban J connectivity index is 2.85. The van der Waals surface area contributed by atoms with Crippen LogP contribution in [0, 0.1) is 0 Å². The fraction of sp³-hybridized carbons (Fsp3) is 0.364. The lowest BCUT2D eigenvalue weighted by molar-refractivity contribution is -0.163. The summed E-state index contributed by atoms with van der Waals surface area (Å²) in [4.78, 5) is 12.7. The van der Waals surface area contributed by atoms with E-state index in [0.717, 1.165) is 0 Å². The molecule has 7 heteroatoms. The number of carbonyl (C=O) groups excluding carboxylic acids is 1. The van der Waals surface area contributed by atoms with Gasteiger partial charge in [0.2, 0.25) is 0 Å². The van der Waals surface area contributed by atoms with Gasteiger partial charge in [-0.1, -0.05) is 6.07 Å². The first-order valence-corrected chi connectivity index (χ1v) is 5.00. The minimum atomic E-state index is -4.70. The van der Waals surface area contributed by atoms with Crippen molar-refractivity contribution < 1.29 is 22.4 Å². The van der Waals surface area contributed by atoms with Gasteiger partial charge >= 0.3 is 18.3 Å². The average Bonchev–Trinajstić information content (AvgIpc) is 2.28. The van der Waals surface area contributed by atoms with E-state index in [2.05, 4.69) is 0 Å². The number of carbonyl (C=O) groups is 1. The van der Waals surface area contributed by atoms with Gasteiger partial charge in [-0.05, 0) is 18.2 Å². The predicted octanol–water partition coefficient (Wildman–Crippen LogP) is 2.59. The van der Waals surface area contributed by atoms with Gasteiger partial charge < -0.3 is 10.2 Å². The summed E-state index contributed by atoms with van der Waals surface area (Å²) in [6, 6.07) is 5.94. The van der Waals surface area contributed by atoms with E-state index in [1.54, 1.807) is 30.4 Å². The Kier molecular flexibility index (Phi) is 4.15. The predicted molar refractivity (Wildman–Crippen MR) is 60.3 cm³/mol. The van der Waals surface area contributed by atoms with Gasteiger partial charge in [-0.15, -0.1) is 0 Å². The summed E-state index contributed by atoms with van der Waals surface area (Å²) in [6.07, 6.45) is -4.03. The van der Waals surface area contributed by atoms with Gasteiger partial charge in [-0.25, -0.2) is 8.78 Å². The third-order valence-corrected chi connectivity index (χ3v) is 2.20. The normalized spacial score (nSPS) is 11.5. The highest BCUT2D eigenvalue weighted by atomic mass is 19.3. The number of benzene rings is 1. The number of hydrogen-bond donors (Lipinski definition) is 1. The second-order valence-corrected chi connectivity index (χ2v) is 3.82. The third kappa shape index (κ3) is 3.12. The van der Waals surface area contributed by atoms with Gasteiger partial charge in [-0.2, -0.15) is 8.78 Å². The first-order chi connectivity index (χ1) is 8.25. The Hall–Kier alpha value is -1.79.